The molecular weight excluding hydrogens is 535 g/mol. The summed E-state index contributed by atoms with van der Waals surface area (Å²) in [4.78, 5) is 30.0. The molecule has 0 bridgehead atoms. The first-order chi connectivity index (χ1) is 17.4. The maximum atomic E-state index is 12.7. The molecule has 0 radical (unpaired) electrons. The van der Waals surface area contributed by atoms with E-state index in [4.69, 9.17) is 35.4 Å². The summed E-state index contributed by atoms with van der Waals surface area (Å²) in [5.74, 6) is 0.0811. The van der Waals surface area contributed by atoms with E-state index in [1.165, 1.54) is 11.8 Å². The van der Waals surface area contributed by atoms with E-state index in [0.717, 1.165) is 29.4 Å². The minimum Gasteiger partial charge on any atom is -0.368 e. The minimum absolute atomic E-state index is 0.0213. The zero-order valence-corrected chi connectivity index (χ0v) is 22.4. The number of thiocarbonyl (C=S) groups is 1. The van der Waals surface area contributed by atoms with Gasteiger partial charge in [-0.1, -0.05) is 23.2 Å². The van der Waals surface area contributed by atoms with E-state index in [9.17, 15) is 9.59 Å². The summed E-state index contributed by atoms with van der Waals surface area (Å²) in [6.07, 6.45) is 0. The number of hydrogen-bond donors (Lipinski definition) is 2. The summed E-state index contributed by atoms with van der Waals surface area (Å²) in [5, 5.41) is 7.27. The topological polar surface area (TPSA) is 64.7 Å². The Balaban J connectivity index is 1.21. The van der Waals surface area contributed by atoms with E-state index in [0.29, 0.717) is 28.7 Å². The van der Waals surface area contributed by atoms with E-state index in [1.807, 2.05) is 41.3 Å². The third-order valence-electron chi connectivity index (χ3n) is 5.58. The van der Waals surface area contributed by atoms with Crippen LogP contribution in [-0.4, -0.2) is 53.8 Å². The molecule has 0 spiro atoms. The number of nitrogens with one attached hydrogen (secondary N) is 2. The van der Waals surface area contributed by atoms with E-state index >= 15 is 0 Å². The van der Waals surface area contributed by atoms with Crippen LogP contribution in [0.25, 0.3) is 0 Å². The molecule has 10 heteroatoms. The minimum atomic E-state index is -0.185. The van der Waals surface area contributed by atoms with Gasteiger partial charge in [0.25, 0.3) is 5.91 Å². The number of anilines is 2. The second kappa shape index (κ2) is 12.5. The van der Waals surface area contributed by atoms with Gasteiger partial charge in [0.1, 0.15) is 0 Å². The summed E-state index contributed by atoms with van der Waals surface area (Å²) in [6, 6.07) is 22.1. The molecule has 1 aliphatic heterocycles. The summed E-state index contributed by atoms with van der Waals surface area (Å²) >= 11 is 18.5. The average Bonchev–Trinajstić information content (AvgIpc) is 2.89. The molecule has 2 amide bonds. The molecule has 1 saturated heterocycles. The second-order valence-electron chi connectivity index (χ2n) is 8.08. The van der Waals surface area contributed by atoms with Gasteiger partial charge in [-0.2, -0.15) is 0 Å². The average molecular weight is 560 g/mol. The Morgan fingerprint density at radius 3 is 2.03 bits per heavy atom. The maximum Gasteiger partial charge on any atom is 0.253 e. The Hall–Kier alpha value is -2.78. The fraction of sp³-hybridized carbons (Fsp3) is 0.192. The summed E-state index contributed by atoms with van der Waals surface area (Å²) in [6.45, 7) is 2.77. The third kappa shape index (κ3) is 7.36. The Morgan fingerprint density at radius 1 is 0.833 bits per heavy atom. The van der Waals surface area contributed by atoms with Crippen molar-refractivity contribution in [2.75, 3.05) is 42.1 Å². The van der Waals surface area contributed by atoms with Crippen molar-refractivity contribution in [3.8, 4) is 0 Å². The lowest BCUT2D eigenvalue weighted by Gasteiger charge is -2.36. The van der Waals surface area contributed by atoms with Crippen LogP contribution in [0.5, 0.6) is 0 Å². The van der Waals surface area contributed by atoms with Crippen LogP contribution < -0.4 is 15.5 Å². The largest absolute Gasteiger partial charge is 0.368 e. The summed E-state index contributed by atoms with van der Waals surface area (Å²) < 4.78 is 0. The highest BCUT2D eigenvalue weighted by molar-refractivity contribution is 8.00. The predicted molar refractivity (Wildman–Crippen MR) is 153 cm³/mol. The number of carbonyl (C=O) groups is 2. The van der Waals surface area contributed by atoms with E-state index < -0.39 is 0 Å². The number of thioether (sulfide) groups is 1. The van der Waals surface area contributed by atoms with Crippen molar-refractivity contribution in [1.82, 2.24) is 10.2 Å². The maximum absolute atomic E-state index is 12.7. The Labute approximate surface area is 229 Å². The predicted octanol–water partition coefficient (Wildman–Crippen LogP) is 5.56. The zero-order chi connectivity index (χ0) is 25.5. The van der Waals surface area contributed by atoms with Gasteiger partial charge in [0, 0.05) is 58.1 Å². The van der Waals surface area contributed by atoms with Crippen LogP contribution in [0, 0.1) is 0 Å². The van der Waals surface area contributed by atoms with E-state index in [2.05, 4.69) is 15.5 Å². The lowest BCUT2D eigenvalue weighted by molar-refractivity contribution is -0.117. The van der Waals surface area contributed by atoms with Gasteiger partial charge in [-0.15, -0.1) is 11.8 Å². The van der Waals surface area contributed by atoms with Crippen molar-refractivity contribution < 1.29 is 9.59 Å². The molecule has 3 aromatic carbocycles. The Bertz CT molecular complexity index is 1210. The SMILES string of the molecule is O=C(CSc1ccc(Cl)cc1)NC(=S)Nc1ccc(N2CCN(C(=O)c3ccc(Cl)cc3)CC2)cc1. The summed E-state index contributed by atoms with van der Waals surface area (Å²) in [7, 11) is 0. The summed E-state index contributed by atoms with van der Waals surface area (Å²) in [5.41, 5.74) is 2.49. The number of rotatable bonds is 6. The molecule has 3 aromatic rings. The van der Waals surface area contributed by atoms with Crippen LogP contribution in [0.2, 0.25) is 10.0 Å². The molecule has 4 rings (SSSR count). The molecule has 0 atom stereocenters. The monoisotopic (exact) mass is 558 g/mol. The van der Waals surface area contributed by atoms with Gasteiger partial charge >= 0.3 is 0 Å². The first-order valence-electron chi connectivity index (χ1n) is 11.3. The fourth-order valence-corrected chi connectivity index (χ4v) is 4.89. The number of hydrogen-bond acceptors (Lipinski definition) is 5. The Kier molecular flexibility index (Phi) is 9.09. The van der Waals surface area contributed by atoms with Crippen molar-refractivity contribution in [3.05, 3.63) is 88.4 Å². The number of benzene rings is 3. The normalized spacial score (nSPS) is 13.3. The third-order valence-corrected chi connectivity index (χ3v) is 7.30. The van der Waals surface area contributed by atoms with Crippen LogP contribution in [-0.2, 0) is 4.79 Å². The first-order valence-corrected chi connectivity index (χ1v) is 13.4. The molecule has 0 saturated carbocycles. The first kappa shape index (κ1) is 26.3. The van der Waals surface area contributed by atoms with Crippen molar-refractivity contribution in [2.24, 2.45) is 0 Å². The zero-order valence-electron chi connectivity index (χ0n) is 19.2. The van der Waals surface area contributed by atoms with Gasteiger partial charge in [-0.25, -0.2) is 0 Å². The van der Waals surface area contributed by atoms with Crippen molar-refractivity contribution in [2.45, 2.75) is 4.90 Å². The van der Waals surface area contributed by atoms with Gasteiger partial charge in [-0.3, -0.25) is 9.59 Å². The molecule has 1 heterocycles. The standard InChI is InChI=1S/C26H24Cl2N4O2S2/c27-19-3-1-18(2-4-19)25(34)32-15-13-31(14-16-32)22-9-7-21(8-10-22)29-26(35)30-24(33)17-36-23-11-5-20(28)6-12-23/h1-12H,13-17H2,(H2,29,30,33,35). The number of piperazine rings is 1. The fourth-order valence-electron chi connectivity index (χ4n) is 3.70. The highest BCUT2D eigenvalue weighted by Gasteiger charge is 2.22. The van der Waals surface area contributed by atoms with Crippen molar-refractivity contribution >= 4 is 75.5 Å². The molecule has 1 fully saturated rings. The van der Waals surface area contributed by atoms with Crippen molar-refractivity contribution in [1.29, 1.82) is 0 Å². The smallest absolute Gasteiger partial charge is 0.253 e. The highest BCUT2D eigenvalue weighted by Crippen LogP contribution is 2.22. The molecule has 0 aliphatic carbocycles. The van der Waals surface area contributed by atoms with Gasteiger partial charge in [0.05, 0.1) is 5.75 Å². The van der Waals surface area contributed by atoms with Gasteiger partial charge in [-0.05, 0) is 85.0 Å². The van der Waals surface area contributed by atoms with Gasteiger partial charge in [0.2, 0.25) is 5.91 Å². The highest BCUT2D eigenvalue weighted by atomic mass is 35.5. The molecule has 0 unspecified atom stereocenters. The number of halogens is 2. The van der Waals surface area contributed by atoms with E-state index in [1.54, 1.807) is 36.4 Å². The van der Waals surface area contributed by atoms with Crippen LogP contribution in [0.3, 0.4) is 0 Å². The second-order valence-corrected chi connectivity index (χ2v) is 10.4. The van der Waals surface area contributed by atoms with Crippen LogP contribution >= 0.6 is 47.2 Å². The lowest BCUT2D eigenvalue weighted by atomic mass is 10.1. The molecule has 1 aliphatic rings. The molecular formula is C26H24Cl2N4O2S2. The van der Waals surface area contributed by atoms with Gasteiger partial charge in [0.15, 0.2) is 5.11 Å². The quantitative estimate of drug-likeness (QED) is 0.305. The lowest BCUT2D eigenvalue weighted by Crippen LogP contribution is -2.48. The molecule has 36 heavy (non-hydrogen) atoms. The number of nitrogens with zero attached hydrogens (tertiary/aromatic N) is 2. The van der Waals surface area contributed by atoms with Crippen LogP contribution in [0.4, 0.5) is 11.4 Å². The molecule has 0 aromatic heterocycles. The van der Waals surface area contributed by atoms with Crippen LogP contribution in [0.15, 0.2) is 77.7 Å². The van der Waals surface area contributed by atoms with Crippen molar-refractivity contribution in [3.63, 3.8) is 0 Å². The number of amides is 2. The van der Waals surface area contributed by atoms with E-state index in [-0.39, 0.29) is 22.7 Å². The molecule has 2 N–H and O–H groups in total. The van der Waals surface area contributed by atoms with Gasteiger partial charge < -0.3 is 20.4 Å². The number of carbonyl (C=O) groups excluding carboxylic acids is 2. The van der Waals surface area contributed by atoms with Crippen LogP contribution in [0.1, 0.15) is 10.4 Å². The molecule has 6 nitrogen and oxygen atoms in total. The Morgan fingerprint density at radius 2 is 1.42 bits per heavy atom. The molecule has 186 valence electrons.